The third-order valence-electron chi connectivity index (χ3n) is 2.63. The molecule has 1 aromatic heterocycles. The van der Waals surface area contributed by atoms with Crippen molar-refractivity contribution >= 4 is 17.4 Å². The highest BCUT2D eigenvalue weighted by atomic mass is 32.2. The number of hydrogen-bond donors (Lipinski definition) is 1. The average molecular weight is 292 g/mol. The molecule has 0 saturated heterocycles. The lowest BCUT2D eigenvalue weighted by Crippen LogP contribution is -2.19. The van der Waals surface area contributed by atoms with Gasteiger partial charge >= 0.3 is 0 Å². The van der Waals surface area contributed by atoms with Gasteiger partial charge in [-0.25, -0.2) is 0 Å². The summed E-state index contributed by atoms with van der Waals surface area (Å²) < 4.78 is 1.30. The second-order valence-corrected chi connectivity index (χ2v) is 5.13. The Labute approximate surface area is 118 Å². The predicted octanol–water partition coefficient (Wildman–Crippen LogP) is 2.25. The van der Waals surface area contributed by atoms with E-state index in [0.29, 0.717) is 17.2 Å². The van der Waals surface area contributed by atoms with Crippen molar-refractivity contribution in [2.75, 3.05) is 5.75 Å². The molecular weight excluding hydrogens is 280 g/mol. The van der Waals surface area contributed by atoms with E-state index in [9.17, 15) is 20.0 Å². The Morgan fingerprint density at radius 3 is 2.70 bits per heavy atom. The molecule has 0 aliphatic rings. The molecule has 104 valence electrons. The van der Waals surface area contributed by atoms with Crippen molar-refractivity contribution in [2.45, 2.75) is 11.4 Å². The van der Waals surface area contributed by atoms with Crippen molar-refractivity contribution in [3.05, 3.63) is 63.1 Å². The number of rotatable bonds is 5. The Balaban J connectivity index is 2.04. The molecule has 0 spiro atoms. The SMILES string of the molecule is O=c1ccc([N+](=O)[O-])cn1CCSc1ccccc1O. The number of aryl methyl sites for hydroxylation is 1. The lowest BCUT2D eigenvalue weighted by atomic mass is 10.3. The van der Waals surface area contributed by atoms with Gasteiger partial charge in [0, 0.05) is 29.3 Å². The molecule has 0 amide bonds. The first-order chi connectivity index (χ1) is 9.58. The van der Waals surface area contributed by atoms with Gasteiger partial charge in [0.05, 0.1) is 11.1 Å². The third-order valence-corrected chi connectivity index (χ3v) is 3.68. The van der Waals surface area contributed by atoms with Crippen LogP contribution in [0.25, 0.3) is 0 Å². The molecule has 1 heterocycles. The molecule has 0 aliphatic carbocycles. The van der Waals surface area contributed by atoms with E-state index in [-0.39, 0.29) is 17.0 Å². The quantitative estimate of drug-likeness (QED) is 0.519. The average Bonchev–Trinajstić information content (AvgIpc) is 2.42. The van der Waals surface area contributed by atoms with Gasteiger partial charge in [0.1, 0.15) is 5.75 Å². The van der Waals surface area contributed by atoms with E-state index in [0.717, 1.165) is 0 Å². The van der Waals surface area contributed by atoms with Crippen LogP contribution < -0.4 is 5.56 Å². The van der Waals surface area contributed by atoms with Crippen LogP contribution in [-0.2, 0) is 6.54 Å². The number of benzene rings is 1. The lowest BCUT2D eigenvalue weighted by molar-refractivity contribution is -0.385. The Bertz CT molecular complexity index is 684. The monoisotopic (exact) mass is 292 g/mol. The zero-order valence-corrected chi connectivity index (χ0v) is 11.2. The highest BCUT2D eigenvalue weighted by molar-refractivity contribution is 7.99. The van der Waals surface area contributed by atoms with E-state index in [4.69, 9.17) is 0 Å². The molecule has 0 radical (unpaired) electrons. The van der Waals surface area contributed by atoms with Gasteiger partial charge in [0.15, 0.2) is 0 Å². The van der Waals surface area contributed by atoms with Gasteiger partial charge in [-0.15, -0.1) is 11.8 Å². The van der Waals surface area contributed by atoms with Crippen molar-refractivity contribution in [3.8, 4) is 5.75 Å². The molecule has 1 N–H and O–H groups in total. The van der Waals surface area contributed by atoms with Gasteiger partial charge in [-0.2, -0.15) is 0 Å². The Morgan fingerprint density at radius 2 is 2.00 bits per heavy atom. The Morgan fingerprint density at radius 1 is 1.25 bits per heavy atom. The van der Waals surface area contributed by atoms with Crippen LogP contribution in [0.1, 0.15) is 0 Å². The molecule has 0 saturated carbocycles. The fourth-order valence-corrected chi connectivity index (χ4v) is 2.53. The first kappa shape index (κ1) is 14.1. The summed E-state index contributed by atoms with van der Waals surface area (Å²) >= 11 is 1.39. The van der Waals surface area contributed by atoms with Crippen LogP contribution in [0, 0.1) is 10.1 Å². The predicted molar refractivity (Wildman–Crippen MR) is 76.2 cm³/mol. The van der Waals surface area contributed by atoms with Gasteiger partial charge in [-0.3, -0.25) is 14.9 Å². The number of pyridine rings is 1. The first-order valence-electron chi connectivity index (χ1n) is 5.83. The summed E-state index contributed by atoms with van der Waals surface area (Å²) in [7, 11) is 0. The third kappa shape index (κ3) is 3.39. The van der Waals surface area contributed by atoms with Crippen LogP contribution >= 0.6 is 11.8 Å². The van der Waals surface area contributed by atoms with Gasteiger partial charge in [-0.1, -0.05) is 12.1 Å². The van der Waals surface area contributed by atoms with Crippen LogP contribution in [0.2, 0.25) is 0 Å². The summed E-state index contributed by atoms with van der Waals surface area (Å²) in [5.74, 6) is 0.711. The van der Waals surface area contributed by atoms with Gasteiger partial charge in [0.25, 0.3) is 11.2 Å². The molecular formula is C13H12N2O4S. The molecule has 0 atom stereocenters. The second-order valence-electron chi connectivity index (χ2n) is 3.99. The number of phenolic OH excluding ortho intramolecular Hbond substituents is 1. The van der Waals surface area contributed by atoms with Crippen molar-refractivity contribution in [1.29, 1.82) is 0 Å². The van der Waals surface area contributed by atoms with E-state index < -0.39 is 4.92 Å². The normalized spacial score (nSPS) is 10.4. The van der Waals surface area contributed by atoms with Gasteiger partial charge in [0.2, 0.25) is 0 Å². The number of thioether (sulfide) groups is 1. The van der Waals surface area contributed by atoms with Crippen LogP contribution in [-0.4, -0.2) is 20.3 Å². The van der Waals surface area contributed by atoms with Gasteiger partial charge < -0.3 is 9.67 Å². The number of aromatic nitrogens is 1. The molecule has 20 heavy (non-hydrogen) atoms. The summed E-state index contributed by atoms with van der Waals surface area (Å²) in [5.41, 5.74) is -0.398. The number of nitro groups is 1. The van der Waals surface area contributed by atoms with Crippen LogP contribution in [0.15, 0.2) is 52.3 Å². The van der Waals surface area contributed by atoms with E-state index in [1.165, 1.54) is 34.7 Å². The maximum Gasteiger partial charge on any atom is 0.285 e. The van der Waals surface area contributed by atoms with E-state index in [1.807, 2.05) is 6.07 Å². The minimum Gasteiger partial charge on any atom is -0.507 e. The van der Waals surface area contributed by atoms with Crippen molar-refractivity contribution < 1.29 is 10.0 Å². The summed E-state index contributed by atoms with van der Waals surface area (Å²) in [6, 6.07) is 9.27. The number of para-hydroxylation sites is 1. The minimum atomic E-state index is -0.536. The molecule has 7 heteroatoms. The van der Waals surface area contributed by atoms with Crippen molar-refractivity contribution in [3.63, 3.8) is 0 Å². The van der Waals surface area contributed by atoms with Crippen LogP contribution in [0.3, 0.4) is 0 Å². The largest absolute Gasteiger partial charge is 0.507 e. The van der Waals surface area contributed by atoms with Gasteiger partial charge in [-0.05, 0) is 12.1 Å². The molecule has 0 aliphatic heterocycles. The topological polar surface area (TPSA) is 85.4 Å². The van der Waals surface area contributed by atoms with E-state index >= 15 is 0 Å². The molecule has 6 nitrogen and oxygen atoms in total. The zero-order valence-electron chi connectivity index (χ0n) is 10.4. The summed E-state index contributed by atoms with van der Waals surface area (Å²) in [6.07, 6.45) is 1.23. The molecule has 0 unspecified atom stereocenters. The fraction of sp³-hybridized carbons (Fsp3) is 0.154. The highest BCUT2D eigenvalue weighted by Gasteiger charge is 2.08. The second kappa shape index (κ2) is 6.25. The smallest absolute Gasteiger partial charge is 0.285 e. The maximum atomic E-state index is 11.6. The lowest BCUT2D eigenvalue weighted by Gasteiger charge is -2.06. The number of phenols is 1. The number of hydrogen-bond acceptors (Lipinski definition) is 5. The number of nitrogens with zero attached hydrogens (tertiary/aromatic N) is 2. The standard InChI is InChI=1S/C13H12N2O4S/c16-11-3-1-2-4-12(11)20-8-7-14-9-10(15(18)19)5-6-13(14)17/h1-6,9,16H,7-8H2. The van der Waals surface area contributed by atoms with Crippen LogP contribution in [0.5, 0.6) is 5.75 Å². The summed E-state index contributed by atoms with van der Waals surface area (Å²) in [6.45, 7) is 0.333. The van der Waals surface area contributed by atoms with Crippen molar-refractivity contribution in [2.24, 2.45) is 0 Å². The van der Waals surface area contributed by atoms with Crippen molar-refractivity contribution in [1.82, 2.24) is 4.57 Å². The fourth-order valence-electron chi connectivity index (χ4n) is 1.63. The molecule has 0 bridgehead atoms. The molecule has 1 aromatic carbocycles. The van der Waals surface area contributed by atoms with E-state index in [1.54, 1.807) is 18.2 Å². The van der Waals surface area contributed by atoms with Crippen LogP contribution in [0.4, 0.5) is 5.69 Å². The molecule has 0 fully saturated rings. The Kier molecular flexibility index (Phi) is 4.41. The summed E-state index contributed by atoms with van der Waals surface area (Å²) in [5, 5.41) is 20.3. The first-order valence-corrected chi connectivity index (χ1v) is 6.82. The maximum absolute atomic E-state index is 11.6. The summed E-state index contributed by atoms with van der Waals surface area (Å²) in [4.78, 5) is 22.4. The molecule has 2 aromatic rings. The molecule has 2 rings (SSSR count). The number of aromatic hydroxyl groups is 1. The minimum absolute atomic E-state index is 0.114. The van der Waals surface area contributed by atoms with E-state index in [2.05, 4.69) is 0 Å². The Hall–Kier alpha value is -2.28. The highest BCUT2D eigenvalue weighted by Crippen LogP contribution is 2.27. The zero-order chi connectivity index (χ0) is 14.5.